The number of allylic oxidation sites excluding steroid dienone is 2. The molecule has 3 aromatic rings. The zero-order chi connectivity index (χ0) is 14.3. The minimum Gasteiger partial charge on any atom is -0.364 e. The van der Waals surface area contributed by atoms with Crippen molar-refractivity contribution in [1.82, 2.24) is 9.97 Å². The van der Waals surface area contributed by atoms with E-state index in [-0.39, 0.29) is 5.43 Å². The Morgan fingerprint density at radius 3 is 2.80 bits per heavy atom. The van der Waals surface area contributed by atoms with Gasteiger partial charge < -0.3 is 9.97 Å². The summed E-state index contributed by atoms with van der Waals surface area (Å²) in [5.74, 6) is 0. The van der Waals surface area contributed by atoms with Crippen LogP contribution in [0.3, 0.4) is 0 Å². The number of benzene rings is 1. The summed E-state index contributed by atoms with van der Waals surface area (Å²) in [5.41, 5.74) is 5.24. The number of H-pyrrole nitrogens is 2. The molecule has 20 heavy (non-hydrogen) atoms. The van der Waals surface area contributed by atoms with Gasteiger partial charge in [-0.3, -0.25) is 4.79 Å². The molecule has 0 aliphatic heterocycles. The zero-order valence-corrected chi connectivity index (χ0v) is 12.0. The van der Waals surface area contributed by atoms with Gasteiger partial charge in [0, 0.05) is 34.3 Å². The van der Waals surface area contributed by atoms with E-state index < -0.39 is 0 Å². The van der Waals surface area contributed by atoms with Crippen LogP contribution in [0.2, 0.25) is 0 Å². The fourth-order valence-corrected chi connectivity index (χ4v) is 2.55. The lowest BCUT2D eigenvalue weighted by atomic mass is 10.1. The molecule has 2 N–H and O–H groups in total. The van der Waals surface area contributed by atoms with Gasteiger partial charge in [0.25, 0.3) is 0 Å². The summed E-state index contributed by atoms with van der Waals surface area (Å²) < 4.78 is 0. The molecule has 0 bridgehead atoms. The maximum atomic E-state index is 12.2. The molecular weight excluding hydrogens is 248 g/mol. The third-order valence-electron chi connectivity index (χ3n) is 3.67. The fraction of sp³-hybridized carbons (Fsp3) is 0.235. The summed E-state index contributed by atoms with van der Waals surface area (Å²) in [4.78, 5) is 18.7. The van der Waals surface area contributed by atoms with Gasteiger partial charge in [0.05, 0.1) is 11.0 Å². The van der Waals surface area contributed by atoms with E-state index in [1.165, 1.54) is 5.57 Å². The van der Waals surface area contributed by atoms with Crippen LogP contribution in [-0.2, 0) is 6.42 Å². The van der Waals surface area contributed by atoms with Crippen molar-refractivity contribution < 1.29 is 0 Å². The predicted molar refractivity (Wildman–Crippen MR) is 84.3 cm³/mol. The molecule has 0 aliphatic carbocycles. The smallest absolute Gasteiger partial charge is 0.184 e. The van der Waals surface area contributed by atoms with Crippen molar-refractivity contribution in [2.75, 3.05) is 0 Å². The normalized spacial score (nSPS) is 11.2. The number of aromatic nitrogens is 2. The zero-order valence-electron chi connectivity index (χ0n) is 12.0. The lowest BCUT2D eigenvalue weighted by molar-refractivity contribution is 1.20. The molecule has 0 radical (unpaired) electrons. The number of aromatic amines is 2. The van der Waals surface area contributed by atoms with Gasteiger partial charge >= 0.3 is 0 Å². The van der Waals surface area contributed by atoms with Crippen molar-refractivity contribution in [2.24, 2.45) is 0 Å². The molecule has 3 heteroatoms. The molecule has 0 saturated heterocycles. The van der Waals surface area contributed by atoms with Crippen LogP contribution >= 0.6 is 0 Å². The predicted octanol–water partition coefficient (Wildman–Crippen LogP) is 3.83. The highest BCUT2D eigenvalue weighted by molar-refractivity contribution is 6.07. The number of hydrogen-bond acceptors (Lipinski definition) is 1. The van der Waals surface area contributed by atoms with Gasteiger partial charge in [-0.2, -0.15) is 0 Å². The van der Waals surface area contributed by atoms with Crippen LogP contribution in [0, 0.1) is 6.92 Å². The topological polar surface area (TPSA) is 48.6 Å². The van der Waals surface area contributed by atoms with Gasteiger partial charge in [-0.05, 0) is 39.3 Å². The third-order valence-corrected chi connectivity index (χ3v) is 3.67. The summed E-state index contributed by atoms with van der Waals surface area (Å²) in [5, 5.41) is 2.28. The van der Waals surface area contributed by atoms with E-state index in [1.54, 1.807) is 6.07 Å². The first-order chi connectivity index (χ1) is 9.56. The second-order valence-corrected chi connectivity index (χ2v) is 5.51. The minimum atomic E-state index is 0.100. The molecule has 102 valence electrons. The average molecular weight is 266 g/mol. The van der Waals surface area contributed by atoms with Crippen LogP contribution in [0.5, 0.6) is 0 Å². The first-order valence-corrected chi connectivity index (χ1v) is 6.82. The third kappa shape index (κ3) is 2.05. The Balaban J connectivity index is 2.28. The van der Waals surface area contributed by atoms with Crippen molar-refractivity contribution in [3.05, 3.63) is 57.5 Å². The molecule has 2 aromatic heterocycles. The molecule has 0 spiro atoms. The molecule has 0 amide bonds. The number of fused-ring (bicyclic) bond motifs is 3. The van der Waals surface area contributed by atoms with Crippen molar-refractivity contribution in [3.63, 3.8) is 0 Å². The van der Waals surface area contributed by atoms with Gasteiger partial charge in [-0.15, -0.1) is 0 Å². The van der Waals surface area contributed by atoms with Crippen LogP contribution < -0.4 is 5.43 Å². The van der Waals surface area contributed by atoms with Crippen LogP contribution in [0.25, 0.3) is 21.8 Å². The summed E-state index contributed by atoms with van der Waals surface area (Å²) in [6, 6.07) is 5.79. The highest BCUT2D eigenvalue weighted by atomic mass is 16.1. The molecule has 0 fully saturated rings. The molecule has 0 saturated carbocycles. The number of rotatable bonds is 2. The number of nitrogens with one attached hydrogen (secondary N) is 2. The van der Waals surface area contributed by atoms with Gasteiger partial charge in [0.1, 0.15) is 0 Å². The Hall–Kier alpha value is -2.29. The van der Waals surface area contributed by atoms with Crippen LogP contribution in [0.15, 0.2) is 40.8 Å². The van der Waals surface area contributed by atoms with Gasteiger partial charge in [0.2, 0.25) is 0 Å². The highest BCUT2D eigenvalue weighted by Gasteiger charge is 2.09. The van der Waals surface area contributed by atoms with E-state index in [4.69, 9.17) is 0 Å². The lowest BCUT2D eigenvalue weighted by Gasteiger charge is -1.98. The Kier molecular flexibility index (Phi) is 2.97. The Labute approximate surface area is 117 Å². The number of aryl methyl sites for hydroxylation is 1. The molecule has 0 unspecified atom stereocenters. The second kappa shape index (κ2) is 4.67. The van der Waals surface area contributed by atoms with Gasteiger partial charge in [0.15, 0.2) is 5.43 Å². The number of hydrogen-bond donors (Lipinski definition) is 2. The van der Waals surface area contributed by atoms with E-state index >= 15 is 0 Å². The van der Waals surface area contributed by atoms with Crippen molar-refractivity contribution in [1.29, 1.82) is 0 Å². The Morgan fingerprint density at radius 1 is 1.25 bits per heavy atom. The first-order valence-electron chi connectivity index (χ1n) is 6.82. The van der Waals surface area contributed by atoms with Gasteiger partial charge in [-0.25, -0.2) is 0 Å². The monoisotopic (exact) mass is 266 g/mol. The second-order valence-electron chi connectivity index (χ2n) is 5.51. The van der Waals surface area contributed by atoms with Crippen molar-refractivity contribution in [3.8, 4) is 0 Å². The van der Waals surface area contributed by atoms with E-state index in [0.717, 1.165) is 33.1 Å². The summed E-state index contributed by atoms with van der Waals surface area (Å²) in [6.45, 7) is 6.13. The molecule has 0 aliphatic rings. The van der Waals surface area contributed by atoms with Crippen molar-refractivity contribution in [2.45, 2.75) is 27.2 Å². The Bertz CT molecular complexity index is 877. The van der Waals surface area contributed by atoms with Crippen molar-refractivity contribution >= 4 is 21.8 Å². The maximum Gasteiger partial charge on any atom is 0.184 e. The first kappa shape index (κ1) is 12.7. The molecule has 3 rings (SSSR count). The van der Waals surface area contributed by atoms with E-state index in [2.05, 4.69) is 22.1 Å². The molecule has 1 aromatic carbocycles. The van der Waals surface area contributed by atoms with Gasteiger partial charge in [-0.1, -0.05) is 11.6 Å². The van der Waals surface area contributed by atoms with E-state index in [1.807, 2.05) is 33.0 Å². The van der Waals surface area contributed by atoms with Crippen LogP contribution in [0.4, 0.5) is 0 Å². The summed E-state index contributed by atoms with van der Waals surface area (Å²) in [7, 11) is 0. The quantitative estimate of drug-likeness (QED) is 0.680. The molecule has 2 heterocycles. The lowest BCUT2D eigenvalue weighted by Crippen LogP contribution is -2.05. The minimum absolute atomic E-state index is 0.100. The largest absolute Gasteiger partial charge is 0.364 e. The fourth-order valence-electron chi connectivity index (χ4n) is 2.55. The average Bonchev–Trinajstić information content (AvgIpc) is 2.75. The molecule has 0 atom stereocenters. The summed E-state index contributed by atoms with van der Waals surface area (Å²) >= 11 is 0. The molecular formula is C17H18N2O. The maximum absolute atomic E-state index is 12.2. The SMILES string of the molecule is CC(C)=CCc1cc2c(cc1=O)[nH]c1c(C)[nH]ccc12. The standard InChI is InChI=1S/C17H18N2O/c1-10(2)4-5-12-8-14-13-6-7-18-11(3)17(13)19-15(14)9-16(12)20/h4,6-9,18-19H,5H2,1-3H3. The number of pyridine rings is 1. The highest BCUT2D eigenvalue weighted by Crippen LogP contribution is 2.26. The Morgan fingerprint density at radius 2 is 2.05 bits per heavy atom. The van der Waals surface area contributed by atoms with E-state index in [9.17, 15) is 4.79 Å². The van der Waals surface area contributed by atoms with E-state index in [0.29, 0.717) is 6.42 Å². The summed E-state index contributed by atoms with van der Waals surface area (Å²) in [6.07, 6.45) is 4.73. The van der Waals surface area contributed by atoms with Crippen LogP contribution in [-0.4, -0.2) is 9.97 Å². The van der Waals surface area contributed by atoms with Crippen LogP contribution in [0.1, 0.15) is 25.1 Å². The molecule has 3 nitrogen and oxygen atoms in total.